The topological polar surface area (TPSA) is 80.3 Å². The van der Waals surface area contributed by atoms with E-state index in [2.05, 4.69) is 31.5 Å². The van der Waals surface area contributed by atoms with E-state index >= 15 is 0 Å². The van der Waals surface area contributed by atoms with E-state index in [1.807, 2.05) is 6.07 Å². The summed E-state index contributed by atoms with van der Waals surface area (Å²) in [4.78, 5) is 27.5. The number of aromatic nitrogens is 1. The van der Waals surface area contributed by atoms with Crippen molar-refractivity contribution in [2.24, 2.45) is 0 Å². The molecular formula is C19H21BrClN3O3. The number of benzene rings is 1. The average Bonchev–Trinajstić information content (AvgIpc) is 2.67. The Hall–Kier alpha value is -2.12. The van der Waals surface area contributed by atoms with Crippen LogP contribution in [0.4, 0.5) is 0 Å². The van der Waals surface area contributed by atoms with Gasteiger partial charge in [-0.2, -0.15) is 0 Å². The number of ether oxygens (including phenoxy) is 1. The highest BCUT2D eigenvalue weighted by atomic mass is 79.9. The first-order valence-electron chi connectivity index (χ1n) is 8.59. The second kappa shape index (κ2) is 11.6. The quantitative estimate of drug-likeness (QED) is 0.538. The van der Waals surface area contributed by atoms with Gasteiger partial charge in [0.25, 0.3) is 5.91 Å². The van der Waals surface area contributed by atoms with Gasteiger partial charge in [0.2, 0.25) is 5.91 Å². The van der Waals surface area contributed by atoms with Crippen molar-refractivity contribution >= 4 is 39.3 Å². The van der Waals surface area contributed by atoms with Crippen LogP contribution in [-0.2, 0) is 4.79 Å². The molecule has 0 saturated heterocycles. The van der Waals surface area contributed by atoms with Gasteiger partial charge in [-0.3, -0.25) is 14.6 Å². The molecule has 0 aliphatic rings. The first kappa shape index (κ1) is 21.2. The number of rotatable bonds is 10. The molecule has 0 aliphatic heterocycles. The zero-order valence-corrected chi connectivity index (χ0v) is 17.1. The fourth-order valence-electron chi connectivity index (χ4n) is 2.21. The van der Waals surface area contributed by atoms with Gasteiger partial charge in [0.1, 0.15) is 5.75 Å². The summed E-state index contributed by atoms with van der Waals surface area (Å²) in [5.74, 6) is 0.391. The smallest absolute Gasteiger partial charge is 0.252 e. The van der Waals surface area contributed by atoms with Crippen molar-refractivity contribution in [2.75, 3.05) is 19.7 Å². The van der Waals surface area contributed by atoms with Gasteiger partial charge < -0.3 is 15.4 Å². The van der Waals surface area contributed by atoms with Gasteiger partial charge in [0, 0.05) is 36.4 Å². The Morgan fingerprint density at radius 1 is 1.15 bits per heavy atom. The summed E-state index contributed by atoms with van der Waals surface area (Å²) in [5, 5.41) is 6.14. The van der Waals surface area contributed by atoms with E-state index in [1.165, 1.54) is 6.20 Å². The lowest BCUT2D eigenvalue weighted by molar-refractivity contribution is -0.121. The van der Waals surface area contributed by atoms with Crippen LogP contribution < -0.4 is 15.4 Å². The standard InChI is InChI=1S/C19H21BrClN3O3/c20-15-6-7-17(16(21)12-15)27-11-2-5-18(25)23-9-3-10-24-19(26)14-4-1-8-22-13-14/h1,4,6-8,12-13H,2-3,5,9-11H2,(H,23,25)(H,24,26). The van der Waals surface area contributed by atoms with Crippen LogP contribution in [0.5, 0.6) is 5.75 Å². The van der Waals surface area contributed by atoms with Gasteiger partial charge in [0.05, 0.1) is 17.2 Å². The van der Waals surface area contributed by atoms with Crippen LogP contribution in [0.3, 0.4) is 0 Å². The van der Waals surface area contributed by atoms with Gasteiger partial charge in [-0.15, -0.1) is 0 Å². The molecule has 1 aromatic carbocycles. The summed E-state index contributed by atoms with van der Waals surface area (Å²) in [6.07, 6.45) is 4.75. The first-order valence-corrected chi connectivity index (χ1v) is 9.76. The second-order valence-corrected chi connectivity index (χ2v) is 7.05. The van der Waals surface area contributed by atoms with E-state index in [-0.39, 0.29) is 11.8 Å². The van der Waals surface area contributed by atoms with E-state index in [4.69, 9.17) is 16.3 Å². The number of halogens is 2. The summed E-state index contributed by atoms with van der Waals surface area (Å²) < 4.78 is 6.45. The van der Waals surface area contributed by atoms with Crippen molar-refractivity contribution in [2.45, 2.75) is 19.3 Å². The van der Waals surface area contributed by atoms with Crippen LogP contribution in [0, 0.1) is 0 Å². The molecule has 6 nitrogen and oxygen atoms in total. The maximum Gasteiger partial charge on any atom is 0.252 e. The van der Waals surface area contributed by atoms with Crippen molar-refractivity contribution in [3.05, 3.63) is 57.8 Å². The molecule has 0 atom stereocenters. The normalized spacial score (nSPS) is 10.3. The molecule has 2 N–H and O–H groups in total. The van der Waals surface area contributed by atoms with E-state index in [9.17, 15) is 9.59 Å². The summed E-state index contributed by atoms with van der Waals surface area (Å²) in [5.41, 5.74) is 0.521. The minimum Gasteiger partial charge on any atom is -0.492 e. The third kappa shape index (κ3) is 7.97. The number of nitrogens with one attached hydrogen (secondary N) is 2. The molecule has 2 aromatic rings. The fraction of sp³-hybridized carbons (Fsp3) is 0.316. The van der Waals surface area contributed by atoms with Crippen molar-refractivity contribution in [1.82, 2.24) is 15.6 Å². The molecule has 1 aromatic heterocycles. The van der Waals surface area contributed by atoms with Gasteiger partial charge in [-0.1, -0.05) is 27.5 Å². The van der Waals surface area contributed by atoms with Gasteiger partial charge in [-0.25, -0.2) is 0 Å². The second-order valence-electron chi connectivity index (χ2n) is 5.73. The predicted molar refractivity (Wildman–Crippen MR) is 108 cm³/mol. The van der Waals surface area contributed by atoms with Crippen molar-refractivity contribution in [1.29, 1.82) is 0 Å². The maximum absolute atomic E-state index is 11.8. The largest absolute Gasteiger partial charge is 0.492 e. The molecule has 2 amide bonds. The Labute approximate surface area is 171 Å². The minimum atomic E-state index is -0.168. The van der Waals surface area contributed by atoms with Gasteiger partial charge in [0.15, 0.2) is 0 Å². The molecule has 0 radical (unpaired) electrons. The van der Waals surface area contributed by atoms with Crippen LogP contribution in [0.15, 0.2) is 47.2 Å². The summed E-state index contributed by atoms with van der Waals surface area (Å²) in [7, 11) is 0. The zero-order chi connectivity index (χ0) is 19.5. The van der Waals surface area contributed by atoms with Crippen LogP contribution in [0.25, 0.3) is 0 Å². The molecule has 0 bridgehead atoms. The number of hydrogen-bond donors (Lipinski definition) is 2. The van der Waals surface area contributed by atoms with E-state index in [1.54, 1.807) is 30.5 Å². The number of carbonyl (C=O) groups is 2. The molecule has 8 heteroatoms. The Morgan fingerprint density at radius 2 is 1.96 bits per heavy atom. The number of carbonyl (C=O) groups excluding carboxylic acids is 2. The Kier molecular flexibility index (Phi) is 9.07. The van der Waals surface area contributed by atoms with Crippen molar-refractivity contribution in [3.63, 3.8) is 0 Å². The highest BCUT2D eigenvalue weighted by Gasteiger charge is 2.05. The number of hydrogen-bond acceptors (Lipinski definition) is 4. The minimum absolute atomic E-state index is 0.0425. The third-order valence-electron chi connectivity index (χ3n) is 3.58. The lowest BCUT2D eigenvalue weighted by Gasteiger charge is -2.09. The molecule has 0 unspecified atom stereocenters. The predicted octanol–water partition coefficient (Wildman–Crippen LogP) is 3.59. The molecule has 0 fully saturated rings. The first-order chi connectivity index (χ1) is 13.1. The maximum atomic E-state index is 11.8. The van der Waals surface area contributed by atoms with E-state index in [0.29, 0.717) is 55.3 Å². The van der Waals surface area contributed by atoms with Crippen molar-refractivity contribution in [3.8, 4) is 5.75 Å². The lowest BCUT2D eigenvalue weighted by Crippen LogP contribution is -2.30. The summed E-state index contributed by atoms with van der Waals surface area (Å²) in [6, 6.07) is 8.81. The third-order valence-corrected chi connectivity index (χ3v) is 4.37. The number of nitrogens with zero attached hydrogens (tertiary/aromatic N) is 1. The van der Waals surface area contributed by atoms with Crippen LogP contribution >= 0.6 is 27.5 Å². The van der Waals surface area contributed by atoms with Crippen molar-refractivity contribution < 1.29 is 14.3 Å². The van der Waals surface area contributed by atoms with Crippen LogP contribution in [-0.4, -0.2) is 36.5 Å². The summed E-state index contributed by atoms with van der Waals surface area (Å²) >= 11 is 9.40. The Balaban J connectivity index is 1.52. The number of amides is 2. The van der Waals surface area contributed by atoms with Crippen LogP contribution in [0.2, 0.25) is 5.02 Å². The molecular weight excluding hydrogens is 434 g/mol. The molecule has 0 aliphatic carbocycles. The van der Waals surface area contributed by atoms with Gasteiger partial charge >= 0.3 is 0 Å². The van der Waals surface area contributed by atoms with Crippen LogP contribution in [0.1, 0.15) is 29.6 Å². The average molecular weight is 455 g/mol. The molecule has 2 rings (SSSR count). The van der Waals surface area contributed by atoms with Gasteiger partial charge in [-0.05, 0) is 43.2 Å². The molecule has 27 heavy (non-hydrogen) atoms. The zero-order valence-electron chi connectivity index (χ0n) is 14.7. The lowest BCUT2D eigenvalue weighted by atomic mass is 10.2. The number of pyridine rings is 1. The molecule has 0 spiro atoms. The molecule has 0 saturated carbocycles. The fourth-order valence-corrected chi connectivity index (χ4v) is 2.94. The highest BCUT2D eigenvalue weighted by Crippen LogP contribution is 2.27. The van der Waals surface area contributed by atoms with E-state index < -0.39 is 0 Å². The van der Waals surface area contributed by atoms with E-state index in [0.717, 1.165) is 4.47 Å². The molecule has 144 valence electrons. The Bertz CT molecular complexity index is 759. The SMILES string of the molecule is O=C(CCCOc1ccc(Br)cc1Cl)NCCCNC(=O)c1cccnc1. The monoisotopic (exact) mass is 453 g/mol. The highest BCUT2D eigenvalue weighted by molar-refractivity contribution is 9.10. The summed E-state index contributed by atoms with van der Waals surface area (Å²) in [6.45, 7) is 1.40. The Morgan fingerprint density at radius 3 is 2.70 bits per heavy atom. The molecule has 1 heterocycles.